The minimum absolute atomic E-state index is 0.0810. The average molecular weight is 366 g/mol. The van der Waals surface area contributed by atoms with E-state index in [-0.39, 0.29) is 11.0 Å². The van der Waals surface area contributed by atoms with Crippen molar-refractivity contribution in [2.45, 2.75) is 30.8 Å². The summed E-state index contributed by atoms with van der Waals surface area (Å²) < 4.78 is 7.26. The van der Waals surface area contributed by atoms with Crippen molar-refractivity contribution in [2.24, 2.45) is 0 Å². The molecule has 3 heterocycles. The molecule has 0 bridgehead atoms. The van der Waals surface area contributed by atoms with E-state index in [0.29, 0.717) is 11.7 Å². The van der Waals surface area contributed by atoms with Crippen LogP contribution in [0.15, 0.2) is 58.6 Å². The van der Waals surface area contributed by atoms with Gasteiger partial charge in [0.05, 0.1) is 18.1 Å². The highest BCUT2D eigenvalue weighted by molar-refractivity contribution is 8.00. The van der Waals surface area contributed by atoms with Crippen LogP contribution < -0.4 is 0 Å². The number of aromatic amines is 1. The molecule has 0 saturated carbocycles. The Morgan fingerprint density at radius 2 is 2.15 bits per heavy atom. The number of Topliss-reactive ketones (excluding diaryl/α,β-unsaturated/α-hetero) is 1. The summed E-state index contributed by atoms with van der Waals surface area (Å²) >= 11 is 1.41. The first kappa shape index (κ1) is 16.7. The molecule has 1 N–H and O–H groups in total. The third kappa shape index (κ3) is 3.06. The third-order valence-corrected chi connectivity index (χ3v) is 5.37. The van der Waals surface area contributed by atoms with Crippen molar-refractivity contribution >= 4 is 28.4 Å². The Morgan fingerprint density at radius 1 is 1.31 bits per heavy atom. The van der Waals surface area contributed by atoms with Crippen molar-refractivity contribution in [1.29, 1.82) is 0 Å². The van der Waals surface area contributed by atoms with Crippen molar-refractivity contribution < 1.29 is 9.21 Å². The highest BCUT2D eigenvalue weighted by atomic mass is 32.2. The minimum Gasteiger partial charge on any atom is -0.467 e. The van der Waals surface area contributed by atoms with Gasteiger partial charge in [0.25, 0.3) is 0 Å². The molecule has 6 nitrogen and oxygen atoms in total. The molecule has 1 atom stereocenters. The SMILES string of the molecule is Cc1[nH]c2ccccc2c1C(=O)C(C)Sc1nncn1Cc1ccco1. The first-order valence-corrected chi connectivity index (χ1v) is 9.20. The lowest BCUT2D eigenvalue weighted by Crippen LogP contribution is -2.15. The van der Waals surface area contributed by atoms with Gasteiger partial charge in [0.1, 0.15) is 12.1 Å². The van der Waals surface area contributed by atoms with E-state index in [1.807, 2.05) is 54.8 Å². The fourth-order valence-corrected chi connectivity index (χ4v) is 3.91. The normalized spacial score (nSPS) is 12.5. The van der Waals surface area contributed by atoms with Gasteiger partial charge in [0, 0.05) is 22.2 Å². The van der Waals surface area contributed by atoms with E-state index < -0.39 is 0 Å². The number of furan rings is 1. The Morgan fingerprint density at radius 3 is 2.96 bits per heavy atom. The summed E-state index contributed by atoms with van der Waals surface area (Å²) in [5, 5.41) is 9.51. The molecule has 132 valence electrons. The standard InChI is InChI=1S/C19H18N4O2S/c1-12-17(15-7-3-4-8-16(15)21-12)18(24)13(2)26-19-22-20-11-23(19)10-14-6-5-9-25-14/h3-9,11,13,21H,10H2,1-2H3. The monoisotopic (exact) mass is 366 g/mol. The van der Waals surface area contributed by atoms with Crippen LogP contribution in [0.3, 0.4) is 0 Å². The van der Waals surface area contributed by atoms with E-state index >= 15 is 0 Å². The molecule has 3 aromatic heterocycles. The number of aromatic nitrogens is 4. The van der Waals surface area contributed by atoms with Crippen LogP contribution in [0.2, 0.25) is 0 Å². The number of fused-ring (bicyclic) bond motifs is 1. The summed E-state index contributed by atoms with van der Waals surface area (Å²) in [5.74, 6) is 0.899. The Kier molecular flexibility index (Phi) is 4.38. The van der Waals surface area contributed by atoms with Gasteiger partial charge >= 0.3 is 0 Å². The zero-order valence-electron chi connectivity index (χ0n) is 14.5. The minimum atomic E-state index is -0.285. The fraction of sp³-hybridized carbons (Fsp3) is 0.211. The van der Waals surface area contributed by atoms with Crippen LogP contribution in [0.1, 0.15) is 28.7 Å². The highest BCUT2D eigenvalue weighted by Crippen LogP contribution is 2.29. The van der Waals surface area contributed by atoms with Crippen molar-refractivity contribution in [3.05, 3.63) is 66.0 Å². The van der Waals surface area contributed by atoms with Crippen molar-refractivity contribution in [1.82, 2.24) is 19.7 Å². The number of nitrogens with one attached hydrogen (secondary N) is 1. The molecular weight excluding hydrogens is 348 g/mol. The molecule has 0 saturated heterocycles. The number of thioether (sulfide) groups is 1. The number of benzene rings is 1. The molecular formula is C19H18N4O2S. The van der Waals surface area contributed by atoms with E-state index in [4.69, 9.17) is 4.42 Å². The second-order valence-corrected chi connectivity index (χ2v) is 7.42. The summed E-state index contributed by atoms with van der Waals surface area (Å²) in [7, 11) is 0. The Bertz CT molecular complexity index is 1050. The number of carbonyl (C=O) groups is 1. The van der Waals surface area contributed by atoms with Gasteiger partial charge in [-0.1, -0.05) is 30.0 Å². The van der Waals surface area contributed by atoms with Crippen LogP contribution in [-0.2, 0) is 6.54 Å². The van der Waals surface area contributed by atoms with Gasteiger partial charge in [-0.15, -0.1) is 10.2 Å². The molecule has 0 fully saturated rings. The molecule has 0 aliphatic heterocycles. The molecule has 4 rings (SSSR count). The summed E-state index contributed by atoms with van der Waals surface area (Å²) in [6.07, 6.45) is 3.29. The topological polar surface area (TPSA) is 76.7 Å². The largest absolute Gasteiger partial charge is 0.467 e. The molecule has 7 heteroatoms. The Labute approximate surface area is 154 Å². The van der Waals surface area contributed by atoms with Gasteiger partial charge < -0.3 is 14.0 Å². The lowest BCUT2D eigenvalue weighted by molar-refractivity contribution is 0.0995. The number of aryl methyl sites for hydroxylation is 1. The maximum absolute atomic E-state index is 13.1. The van der Waals surface area contributed by atoms with Crippen molar-refractivity contribution in [3.8, 4) is 0 Å². The first-order chi connectivity index (χ1) is 12.6. The molecule has 0 amide bonds. The maximum atomic E-state index is 13.1. The highest BCUT2D eigenvalue weighted by Gasteiger charge is 2.24. The van der Waals surface area contributed by atoms with Crippen LogP contribution in [0.4, 0.5) is 0 Å². The van der Waals surface area contributed by atoms with Crippen molar-refractivity contribution in [3.63, 3.8) is 0 Å². The molecule has 4 aromatic rings. The number of ketones is 1. The van der Waals surface area contributed by atoms with E-state index in [1.165, 1.54) is 11.8 Å². The predicted molar refractivity (Wildman–Crippen MR) is 101 cm³/mol. The lowest BCUT2D eigenvalue weighted by Gasteiger charge is -2.11. The number of H-pyrrole nitrogens is 1. The summed E-state index contributed by atoms with van der Waals surface area (Å²) in [5.41, 5.74) is 2.62. The molecule has 1 aromatic carbocycles. The number of para-hydroxylation sites is 1. The number of hydrogen-bond donors (Lipinski definition) is 1. The first-order valence-electron chi connectivity index (χ1n) is 8.32. The fourth-order valence-electron chi connectivity index (χ4n) is 3.02. The number of rotatable bonds is 6. The molecule has 0 aliphatic rings. The van der Waals surface area contributed by atoms with Crippen LogP contribution >= 0.6 is 11.8 Å². The van der Waals surface area contributed by atoms with Gasteiger partial charge in [-0.2, -0.15) is 0 Å². The third-order valence-electron chi connectivity index (χ3n) is 4.28. The average Bonchev–Trinajstić information content (AvgIpc) is 3.35. The van der Waals surface area contributed by atoms with Gasteiger partial charge in [-0.25, -0.2) is 0 Å². The lowest BCUT2D eigenvalue weighted by atomic mass is 10.1. The smallest absolute Gasteiger partial charge is 0.192 e. The number of hydrogen-bond acceptors (Lipinski definition) is 5. The quantitative estimate of drug-likeness (QED) is 0.411. The van der Waals surface area contributed by atoms with E-state index in [9.17, 15) is 4.79 Å². The predicted octanol–water partition coefficient (Wildman–Crippen LogP) is 4.07. The van der Waals surface area contributed by atoms with E-state index in [2.05, 4.69) is 15.2 Å². The van der Waals surface area contributed by atoms with Crippen LogP contribution in [0.25, 0.3) is 10.9 Å². The van der Waals surface area contributed by atoms with Gasteiger partial charge in [0.2, 0.25) is 0 Å². The van der Waals surface area contributed by atoms with Gasteiger partial charge in [0.15, 0.2) is 10.9 Å². The Hall–Kier alpha value is -2.80. The molecule has 0 spiro atoms. The number of carbonyl (C=O) groups excluding carboxylic acids is 1. The second-order valence-electron chi connectivity index (χ2n) is 6.12. The van der Waals surface area contributed by atoms with Gasteiger partial charge in [-0.3, -0.25) is 4.79 Å². The van der Waals surface area contributed by atoms with Crippen molar-refractivity contribution in [2.75, 3.05) is 0 Å². The maximum Gasteiger partial charge on any atom is 0.192 e. The van der Waals surface area contributed by atoms with E-state index in [1.54, 1.807) is 12.6 Å². The molecule has 1 unspecified atom stereocenters. The van der Waals surface area contributed by atoms with Crippen LogP contribution in [-0.4, -0.2) is 30.8 Å². The second kappa shape index (κ2) is 6.84. The zero-order chi connectivity index (χ0) is 18.1. The summed E-state index contributed by atoms with van der Waals surface area (Å²) in [6.45, 7) is 4.37. The zero-order valence-corrected chi connectivity index (χ0v) is 15.3. The molecule has 26 heavy (non-hydrogen) atoms. The summed E-state index contributed by atoms with van der Waals surface area (Å²) in [6, 6.07) is 11.6. The Balaban J connectivity index is 1.57. The molecule has 0 radical (unpaired) electrons. The van der Waals surface area contributed by atoms with Crippen LogP contribution in [0, 0.1) is 6.92 Å². The molecule has 0 aliphatic carbocycles. The van der Waals surface area contributed by atoms with E-state index in [0.717, 1.165) is 27.9 Å². The number of nitrogens with zero attached hydrogens (tertiary/aromatic N) is 3. The van der Waals surface area contributed by atoms with Gasteiger partial charge in [-0.05, 0) is 32.0 Å². The summed E-state index contributed by atoms with van der Waals surface area (Å²) in [4.78, 5) is 16.4. The van der Waals surface area contributed by atoms with Crippen LogP contribution in [0.5, 0.6) is 0 Å².